The van der Waals surface area contributed by atoms with E-state index in [1.165, 1.54) is 0 Å². The van der Waals surface area contributed by atoms with Gasteiger partial charge in [-0.25, -0.2) is 8.42 Å². The van der Waals surface area contributed by atoms with Gasteiger partial charge in [0.15, 0.2) is 0 Å². The molecule has 0 atom stereocenters. The fourth-order valence-electron chi connectivity index (χ4n) is 2.24. The number of halogens is 2. The minimum absolute atomic E-state index is 0.151. The quantitative estimate of drug-likeness (QED) is 0.655. The predicted octanol–water partition coefficient (Wildman–Crippen LogP) is 5.46. The largest absolute Gasteiger partial charge is 0.278 e. The molecule has 0 aliphatic heterocycles. The zero-order valence-electron chi connectivity index (χ0n) is 12.4. The highest BCUT2D eigenvalue weighted by Gasteiger charge is 2.16. The van der Waals surface area contributed by atoms with Crippen LogP contribution in [0.2, 0.25) is 10.0 Å². The first-order valence-electron chi connectivity index (χ1n) is 7.10. The molecule has 0 aliphatic carbocycles. The van der Waals surface area contributed by atoms with Crippen molar-refractivity contribution in [2.45, 2.75) is 4.90 Å². The Labute approximate surface area is 150 Å². The molecule has 1 N–H and O–H groups in total. The zero-order valence-corrected chi connectivity index (χ0v) is 14.7. The van der Waals surface area contributed by atoms with Gasteiger partial charge in [0.1, 0.15) is 0 Å². The van der Waals surface area contributed by atoms with Gasteiger partial charge in [-0.1, -0.05) is 71.7 Å². The van der Waals surface area contributed by atoms with E-state index >= 15 is 0 Å². The molecular formula is C18H13Cl2NO2S. The normalized spacial score (nSPS) is 11.2. The van der Waals surface area contributed by atoms with Gasteiger partial charge in [0.25, 0.3) is 10.0 Å². The summed E-state index contributed by atoms with van der Waals surface area (Å²) in [6, 6.07) is 21.2. The molecule has 122 valence electrons. The molecule has 6 heteroatoms. The van der Waals surface area contributed by atoms with Crippen molar-refractivity contribution >= 4 is 38.9 Å². The smallest absolute Gasteiger partial charge is 0.261 e. The summed E-state index contributed by atoms with van der Waals surface area (Å²) in [5.41, 5.74) is 2.21. The Hall–Kier alpha value is -2.01. The van der Waals surface area contributed by atoms with Crippen LogP contribution in [-0.2, 0) is 10.0 Å². The van der Waals surface area contributed by atoms with E-state index in [0.29, 0.717) is 0 Å². The summed E-state index contributed by atoms with van der Waals surface area (Å²) in [5.74, 6) is 0. The van der Waals surface area contributed by atoms with E-state index < -0.39 is 10.0 Å². The number of nitrogens with one attached hydrogen (secondary N) is 1. The molecule has 0 spiro atoms. The van der Waals surface area contributed by atoms with Crippen molar-refractivity contribution in [1.29, 1.82) is 0 Å². The molecule has 0 heterocycles. The van der Waals surface area contributed by atoms with Gasteiger partial charge in [-0.05, 0) is 35.4 Å². The number of hydrogen-bond donors (Lipinski definition) is 1. The van der Waals surface area contributed by atoms with E-state index in [-0.39, 0.29) is 20.6 Å². The molecule has 0 saturated carbocycles. The first kappa shape index (κ1) is 16.8. The average molecular weight is 378 g/mol. The summed E-state index contributed by atoms with van der Waals surface area (Å²) in [4.78, 5) is 0.151. The van der Waals surface area contributed by atoms with E-state index in [0.717, 1.165) is 11.1 Å². The summed E-state index contributed by atoms with van der Waals surface area (Å²) in [7, 11) is -3.74. The lowest BCUT2D eigenvalue weighted by molar-refractivity contribution is 0.601. The Morgan fingerprint density at radius 1 is 0.708 bits per heavy atom. The van der Waals surface area contributed by atoms with Crippen LogP contribution in [0.3, 0.4) is 0 Å². The second kappa shape index (κ2) is 6.85. The maximum absolute atomic E-state index is 12.5. The minimum Gasteiger partial charge on any atom is -0.278 e. The monoisotopic (exact) mass is 377 g/mol. The topological polar surface area (TPSA) is 46.2 Å². The highest BCUT2D eigenvalue weighted by atomic mass is 35.5. The van der Waals surface area contributed by atoms with Gasteiger partial charge < -0.3 is 0 Å². The lowest BCUT2D eigenvalue weighted by atomic mass is 10.1. The van der Waals surface area contributed by atoms with Crippen molar-refractivity contribution in [3.8, 4) is 11.1 Å². The van der Waals surface area contributed by atoms with E-state index in [1.54, 1.807) is 42.5 Å². The van der Waals surface area contributed by atoms with Gasteiger partial charge in [0.2, 0.25) is 0 Å². The molecule has 0 saturated heterocycles. The van der Waals surface area contributed by atoms with Crippen LogP contribution in [0.1, 0.15) is 0 Å². The first-order valence-corrected chi connectivity index (χ1v) is 9.33. The number of rotatable bonds is 4. The van der Waals surface area contributed by atoms with Crippen molar-refractivity contribution in [2.75, 3.05) is 4.72 Å². The van der Waals surface area contributed by atoms with Gasteiger partial charge in [-0.2, -0.15) is 0 Å². The Morgan fingerprint density at radius 3 is 2.00 bits per heavy atom. The van der Waals surface area contributed by atoms with Crippen LogP contribution in [0.4, 0.5) is 5.69 Å². The van der Waals surface area contributed by atoms with Gasteiger partial charge >= 0.3 is 0 Å². The number of hydrogen-bond acceptors (Lipinski definition) is 2. The maximum Gasteiger partial charge on any atom is 0.261 e. The third kappa shape index (κ3) is 3.56. The number of sulfonamides is 1. The average Bonchev–Trinajstić information content (AvgIpc) is 2.60. The van der Waals surface area contributed by atoms with Gasteiger partial charge in [0, 0.05) is 0 Å². The van der Waals surface area contributed by atoms with Crippen LogP contribution < -0.4 is 4.72 Å². The van der Waals surface area contributed by atoms with Gasteiger partial charge in [-0.15, -0.1) is 0 Å². The highest BCUT2D eigenvalue weighted by Crippen LogP contribution is 2.31. The Morgan fingerprint density at radius 2 is 1.33 bits per heavy atom. The van der Waals surface area contributed by atoms with Crippen LogP contribution >= 0.6 is 23.2 Å². The molecule has 3 aromatic carbocycles. The highest BCUT2D eigenvalue weighted by molar-refractivity contribution is 7.92. The number of anilines is 1. The van der Waals surface area contributed by atoms with Crippen LogP contribution in [0.15, 0.2) is 77.7 Å². The van der Waals surface area contributed by atoms with Crippen LogP contribution in [0, 0.1) is 0 Å². The molecule has 3 nitrogen and oxygen atoms in total. The van der Waals surface area contributed by atoms with Crippen LogP contribution in [-0.4, -0.2) is 8.42 Å². The third-order valence-electron chi connectivity index (χ3n) is 3.47. The van der Waals surface area contributed by atoms with Crippen molar-refractivity contribution in [2.24, 2.45) is 0 Å². The second-order valence-electron chi connectivity index (χ2n) is 5.10. The second-order valence-corrected chi connectivity index (χ2v) is 7.56. The Bertz CT molecular complexity index is 956. The fourth-order valence-corrected chi connectivity index (χ4v) is 3.72. The summed E-state index contributed by atoms with van der Waals surface area (Å²) in [6.07, 6.45) is 0. The fraction of sp³-hybridized carbons (Fsp3) is 0. The van der Waals surface area contributed by atoms with Crippen molar-refractivity contribution < 1.29 is 8.42 Å². The first-order chi connectivity index (χ1) is 11.5. The molecule has 0 aliphatic rings. The van der Waals surface area contributed by atoms with E-state index in [1.807, 2.05) is 30.3 Å². The lowest BCUT2D eigenvalue weighted by Crippen LogP contribution is -2.13. The van der Waals surface area contributed by atoms with E-state index in [9.17, 15) is 8.42 Å². The van der Waals surface area contributed by atoms with E-state index in [2.05, 4.69) is 4.72 Å². The van der Waals surface area contributed by atoms with Crippen molar-refractivity contribution in [1.82, 2.24) is 0 Å². The van der Waals surface area contributed by atoms with Crippen molar-refractivity contribution in [3.05, 3.63) is 82.8 Å². The SMILES string of the molecule is O=S(=O)(Nc1cccc(Cl)c1Cl)c1ccc(-c2ccccc2)cc1. The molecule has 0 unspecified atom stereocenters. The van der Waals surface area contributed by atoms with Crippen molar-refractivity contribution in [3.63, 3.8) is 0 Å². The molecule has 3 rings (SSSR count). The summed E-state index contributed by atoms with van der Waals surface area (Å²) in [5, 5.41) is 0.458. The Kier molecular flexibility index (Phi) is 4.81. The summed E-state index contributed by atoms with van der Waals surface area (Å²) in [6.45, 7) is 0. The molecule has 0 fully saturated rings. The summed E-state index contributed by atoms with van der Waals surface area (Å²) >= 11 is 11.9. The molecule has 3 aromatic rings. The van der Waals surface area contributed by atoms with Gasteiger partial charge in [-0.3, -0.25) is 4.72 Å². The Balaban J connectivity index is 1.89. The molecular weight excluding hydrogens is 365 g/mol. The predicted molar refractivity (Wildman–Crippen MR) is 99.1 cm³/mol. The molecule has 0 radical (unpaired) electrons. The molecule has 0 bridgehead atoms. The lowest BCUT2D eigenvalue weighted by Gasteiger charge is -2.11. The molecule has 0 aromatic heterocycles. The van der Waals surface area contributed by atoms with E-state index in [4.69, 9.17) is 23.2 Å². The third-order valence-corrected chi connectivity index (χ3v) is 5.67. The number of benzene rings is 3. The standard InChI is InChI=1S/C18H13Cl2NO2S/c19-16-7-4-8-17(18(16)20)21-24(22,23)15-11-9-14(10-12-15)13-5-2-1-3-6-13/h1-12,21H. The van der Waals surface area contributed by atoms with Crippen LogP contribution in [0.25, 0.3) is 11.1 Å². The maximum atomic E-state index is 12.5. The minimum atomic E-state index is -3.74. The molecule has 0 amide bonds. The van der Waals surface area contributed by atoms with Gasteiger partial charge in [0.05, 0.1) is 20.6 Å². The van der Waals surface area contributed by atoms with Crippen LogP contribution in [0.5, 0.6) is 0 Å². The summed E-state index contributed by atoms with van der Waals surface area (Å²) < 4.78 is 27.5. The zero-order chi connectivity index (χ0) is 17.2. The molecule has 24 heavy (non-hydrogen) atoms.